The highest BCUT2D eigenvalue weighted by molar-refractivity contribution is 6.25. The van der Waals surface area contributed by atoms with E-state index in [-0.39, 0.29) is 24.1 Å². The van der Waals surface area contributed by atoms with E-state index in [1.807, 2.05) is 6.92 Å². The second-order valence-electron chi connectivity index (χ2n) is 4.59. The summed E-state index contributed by atoms with van der Waals surface area (Å²) in [6, 6.07) is 0. The highest BCUT2D eigenvalue weighted by Crippen LogP contribution is 2.29. The van der Waals surface area contributed by atoms with Gasteiger partial charge in [0.25, 0.3) is 0 Å². The molecule has 0 saturated carbocycles. The molecule has 0 saturated heterocycles. The van der Waals surface area contributed by atoms with Crippen molar-refractivity contribution in [3.63, 3.8) is 0 Å². The van der Waals surface area contributed by atoms with Crippen molar-refractivity contribution in [1.29, 1.82) is 0 Å². The lowest BCUT2D eigenvalue weighted by atomic mass is 9.83. The number of oxime groups is 1. The van der Waals surface area contributed by atoms with Crippen LogP contribution in [0.15, 0.2) is 40.8 Å². The molecule has 1 N–H and O–H groups in total. The van der Waals surface area contributed by atoms with Crippen molar-refractivity contribution in [2.24, 2.45) is 11.1 Å². The maximum atomic E-state index is 12.2. The first-order chi connectivity index (χ1) is 9.63. The van der Waals surface area contributed by atoms with E-state index in [0.717, 1.165) is 6.42 Å². The number of carbonyl (C=O) groups is 1. The molecule has 4 nitrogen and oxygen atoms in total. The van der Waals surface area contributed by atoms with Crippen LogP contribution in [0.3, 0.4) is 0 Å². The Balaban J connectivity index is 2.87. The summed E-state index contributed by atoms with van der Waals surface area (Å²) in [6.07, 6.45) is 5.49. The zero-order valence-electron chi connectivity index (χ0n) is 11.6. The zero-order chi connectivity index (χ0) is 15.0. The monoisotopic (exact) mass is 297 g/mol. The molecular weight excluding hydrogens is 278 g/mol. The van der Waals surface area contributed by atoms with Gasteiger partial charge < -0.3 is 9.94 Å². The van der Waals surface area contributed by atoms with Crippen molar-refractivity contribution < 1.29 is 14.7 Å². The van der Waals surface area contributed by atoms with Gasteiger partial charge in [-0.3, -0.25) is 4.79 Å². The van der Waals surface area contributed by atoms with Gasteiger partial charge in [0.05, 0.1) is 11.3 Å². The van der Waals surface area contributed by atoms with Crippen molar-refractivity contribution in [2.75, 3.05) is 6.61 Å². The average Bonchev–Trinajstić information content (AvgIpc) is 2.41. The molecule has 0 aromatic heterocycles. The van der Waals surface area contributed by atoms with Gasteiger partial charge in [-0.15, -0.1) is 6.58 Å². The summed E-state index contributed by atoms with van der Waals surface area (Å²) >= 11 is 5.37. The first kappa shape index (κ1) is 16.5. The van der Waals surface area contributed by atoms with Gasteiger partial charge in [0, 0.05) is 18.4 Å². The van der Waals surface area contributed by atoms with Gasteiger partial charge in [0.2, 0.25) is 0 Å². The molecule has 0 amide bonds. The normalized spacial score (nSPS) is 20.6. The number of halogens is 1. The fourth-order valence-corrected chi connectivity index (χ4v) is 2.26. The summed E-state index contributed by atoms with van der Waals surface area (Å²) in [5, 5.41) is 14.0. The molecule has 0 fully saturated rings. The molecule has 110 valence electrons. The molecular formula is C15H20ClNO3. The summed E-state index contributed by atoms with van der Waals surface area (Å²) in [6.45, 7) is 5.76. The topological polar surface area (TPSA) is 58.9 Å². The largest absolute Gasteiger partial charge is 0.511 e. The molecule has 0 aromatic rings. The molecule has 1 aliphatic rings. The summed E-state index contributed by atoms with van der Waals surface area (Å²) in [5.74, 6) is 0.143. The lowest BCUT2D eigenvalue weighted by molar-refractivity contribution is -0.116. The maximum absolute atomic E-state index is 12.2. The number of aliphatic hydroxyl groups is 1. The Morgan fingerprint density at radius 3 is 2.90 bits per heavy atom. The minimum atomic E-state index is -0.0855. The summed E-state index contributed by atoms with van der Waals surface area (Å²) < 4.78 is 0. The van der Waals surface area contributed by atoms with E-state index in [9.17, 15) is 9.90 Å². The summed E-state index contributed by atoms with van der Waals surface area (Å²) in [5.41, 5.74) is 2.12. The van der Waals surface area contributed by atoms with Crippen LogP contribution in [0.2, 0.25) is 0 Å². The molecule has 20 heavy (non-hydrogen) atoms. The van der Waals surface area contributed by atoms with E-state index >= 15 is 0 Å². The van der Waals surface area contributed by atoms with Gasteiger partial charge >= 0.3 is 0 Å². The van der Waals surface area contributed by atoms with Crippen LogP contribution in [-0.4, -0.2) is 23.2 Å². The van der Waals surface area contributed by atoms with E-state index in [1.54, 1.807) is 12.2 Å². The lowest BCUT2D eigenvalue weighted by Gasteiger charge is -2.22. The number of allylic oxidation sites excluding steroid dienone is 3. The third-order valence-corrected chi connectivity index (χ3v) is 3.26. The van der Waals surface area contributed by atoms with Crippen LogP contribution in [0, 0.1) is 5.92 Å². The number of carbonyl (C=O) groups excluding carboxylic acids is 1. The summed E-state index contributed by atoms with van der Waals surface area (Å²) in [4.78, 5) is 17.2. The predicted molar refractivity (Wildman–Crippen MR) is 80.9 cm³/mol. The molecule has 1 atom stereocenters. The molecule has 0 spiro atoms. The fraction of sp³-hybridized carbons (Fsp3) is 0.467. The van der Waals surface area contributed by atoms with Crippen LogP contribution in [0.1, 0.15) is 32.6 Å². The Bertz CT molecular complexity index is 452. The Labute approximate surface area is 124 Å². The van der Waals surface area contributed by atoms with Gasteiger partial charge in [-0.25, -0.2) is 0 Å². The van der Waals surface area contributed by atoms with E-state index in [0.29, 0.717) is 30.5 Å². The number of Topliss-reactive ketones (excluding diaryl/α,β-unsaturated/α-hetero) is 1. The van der Waals surface area contributed by atoms with Gasteiger partial charge in [-0.1, -0.05) is 29.8 Å². The maximum Gasteiger partial charge on any atom is 0.168 e. The Morgan fingerprint density at radius 1 is 1.60 bits per heavy atom. The SMILES string of the molecule is C=CCC1CC(=O)C(C(CC)=NOC/C=C\Cl)=C(O)C1. The number of nitrogens with zero attached hydrogens (tertiary/aromatic N) is 1. The van der Waals surface area contributed by atoms with Crippen molar-refractivity contribution in [3.8, 4) is 0 Å². The lowest BCUT2D eigenvalue weighted by Crippen LogP contribution is -2.24. The molecule has 1 rings (SSSR count). The van der Waals surface area contributed by atoms with E-state index < -0.39 is 0 Å². The Hall–Kier alpha value is -1.55. The number of rotatable bonds is 7. The standard InChI is InChI=1S/C15H20ClNO3/c1-3-6-11-9-13(18)15(14(19)10-11)12(4-2)17-20-8-5-7-16/h3,5,7,11,18H,1,4,6,8-10H2,2H3/b7-5-,17-12?. The molecule has 0 aliphatic heterocycles. The highest BCUT2D eigenvalue weighted by Gasteiger charge is 2.29. The number of hydrogen-bond donors (Lipinski definition) is 1. The minimum Gasteiger partial charge on any atom is -0.511 e. The van der Waals surface area contributed by atoms with Crippen LogP contribution >= 0.6 is 11.6 Å². The second kappa shape index (κ2) is 8.59. The van der Waals surface area contributed by atoms with Gasteiger partial charge in [0.15, 0.2) is 5.78 Å². The molecule has 1 aliphatic carbocycles. The van der Waals surface area contributed by atoms with E-state index in [2.05, 4.69) is 11.7 Å². The molecule has 5 heteroatoms. The van der Waals surface area contributed by atoms with E-state index in [1.165, 1.54) is 5.54 Å². The van der Waals surface area contributed by atoms with Crippen molar-refractivity contribution >= 4 is 23.1 Å². The van der Waals surface area contributed by atoms with Crippen LogP contribution in [-0.2, 0) is 9.63 Å². The smallest absolute Gasteiger partial charge is 0.168 e. The Morgan fingerprint density at radius 2 is 2.35 bits per heavy atom. The Kier molecular flexibility index (Phi) is 7.09. The predicted octanol–water partition coefficient (Wildman–Crippen LogP) is 3.89. The minimum absolute atomic E-state index is 0.0855. The molecule has 0 heterocycles. The van der Waals surface area contributed by atoms with Crippen LogP contribution in [0.4, 0.5) is 0 Å². The molecule has 0 bridgehead atoms. The second-order valence-corrected chi connectivity index (χ2v) is 4.84. The number of ketones is 1. The van der Waals surface area contributed by atoms with Crippen molar-refractivity contribution in [1.82, 2.24) is 0 Å². The van der Waals surface area contributed by atoms with Crippen LogP contribution < -0.4 is 0 Å². The summed E-state index contributed by atoms with van der Waals surface area (Å²) in [7, 11) is 0. The first-order valence-electron chi connectivity index (χ1n) is 6.64. The molecule has 0 aromatic carbocycles. The van der Waals surface area contributed by atoms with Gasteiger partial charge in [-0.2, -0.15) is 0 Å². The van der Waals surface area contributed by atoms with Gasteiger partial charge in [0.1, 0.15) is 12.4 Å². The highest BCUT2D eigenvalue weighted by atomic mass is 35.5. The quantitative estimate of drug-likeness (QED) is 0.336. The average molecular weight is 298 g/mol. The van der Waals surface area contributed by atoms with Crippen molar-refractivity contribution in [3.05, 3.63) is 35.6 Å². The van der Waals surface area contributed by atoms with Crippen molar-refractivity contribution in [2.45, 2.75) is 32.6 Å². The van der Waals surface area contributed by atoms with Gasteiger partial charge in [-0.05, 0) is 24.8 Å². The van der Waals surface area contributed by atoms with Crippen LogP contribution in [0.25, 0.3) is 0 Å². The third kappa shape index (κ3) is 4.53. The van der Waals surface area contributed by atoms with E-state index in [4.69, 9.17) is 16.4 Å². The molecule has 1 unspecified atom stereocenters. The fourth-order valence-electron chi connectivity index (χ4n) is 2.18. The third-order valence-electron chi connectivity index (χ3n) is 3.08. The zero-order valence-corrected chi connectivity index (χ0v) is 12.4. The first-order valence-corrected chi connectivity index (χ1v) is 7.08. The van der Waals surface area contributed by atoms with Crippen LogP contribution in [0.5, 0.6) is 0 Å². The molecule has 0 radical (unpaired) electrons. The number of aliphatic hydroxyl groups excluding tert-OH is 1. The number of hydrogen-bond acceptors (Lipinski definition) is 4.